The third-order valence-electron chi connectivity index (χ3n) is 6.00. The maximum atomic E-state index is 13.0. The molecule has 5 rings (SSSR count). The average molecular weight is 427 g/mol. The zero-order chi connectivity index (χ0) is 20.8. The van der Waals surface area contributed by atoms with Crippen molar-refractivity contribution in [1.29, 1.82) is 0 Å². The Bertz CT molecular complexity index is 1020. The molecule has 0 aromatic carbocycles. The number of halogens is 1. The summed E-state index contributed by atoms with van der Waals surface area (Å²) in [5, 5.41) is 3.34. The third-order valence-corrected chi connectivity index (χ3v) is 6.27. The number of aromatic nitrogens is 2. The van der Waals surface area contributed by atoms with Crippen LogP contribution in [0.5, 0.6) is 5.88 Å². The quantitative estimate of drug-likeness (QED) is 0.723. The van der Waals surface area contributed by atoms with Crippen molar-refractivity contribution in [2.75, 3.05) is 11.9 Å². The van der Waals surface area contributed by atoms with Gasteiger partial charge in [-0.25, -0.2) is 9.97 Å². The number of rotatable bonds is 7. The molecule has 30 heavy (non-hydrogen) atoms. The van der Waals surface area contributed by atoms with Gasteiger partial charge in [0.25, 0.3) is 5.91 Å². The fourth-order valence-electron chi connectivity index (χ4n) is 3.67. The van der Waals surface area contributed by atoms with Crippen LogP contribution in [0.15, 0.2) is 24.5 Å². The molecule has 2 aromatic rings. The van der Waals surface area contributed by atoms with Crippen molar-refractivity contribution in [1.82, 2.24) is 14.9 Å². The highest BCUT2D eigenvalue weighted by Crippen LogP contribution is 2.37. The van der Waals surface area contributed by atoms with Crippen molar-refractivity contribution in [3.05, 3.63) is 46.2 Å². The number of carbonyl (C=O) groups is 2. The number of nitrogens with zero attached hydrogens (tertiary/aromatic N) is 3. The molecule has 0 spiro atoms. The van der Waals surface area contributed by atoms with Crippen LogP contribution in [0.4, 0.5) is 5.82 Å². The minimum Gasteiger partial charge on any atom is -0.476 e. The summed E-state index contributed by atoms with van der Waals surface area (Å²) in [5.74, 6) is 1.49. The third kappa shape index (κ3) is 3.74. The van der Waals surface area contributed by atoms with Gasteiger partial charge in [-0.15, -0.1) is 0 Å². The van der Waals surface area contributed by atoms with Crippen LogP contribution in [-0.2, 0) is 11.3 Å². The topological polar surface area (TPSA) is 84.4 Å². The summed E-state index contributed by atoms with van der Waals surface area (Å²) in [6.45, 7) is 2.96. The monoisotopic (exact) mass is 426 g/mol. The number of amides is 2. The van der Waals surface area contributed by atoms with Crippen molar-refractivity contribution < 1.29 is 14.3 Å². The number of ether oxygens (including phenoxy) is 1. The molecule has 2 saturated carbocycles. The fourth-order valence-corrected chi connectivity index (χ4v) is 3.90. The number of nitrogens with one attached hydrogen (secondary N) is 1. The number of hydrogen-bond acceptors (Lipinski definition) is 5. The van der Waals surface area contributed by atoms with Crippen LogP contribution < -0.4 is 10.1 Å². The molecule has 2 aliphatic carbocycles. The van der Waals surface area contributed by atoms with Crippen molar-refractivity contribution in [3.63, 3.8) is 0 Å². The van der Waals surface area contributed by atoms with Crippen LogP contribution in [-0.4, -0.2) is 33.3 Å². The van der Waals surface area contributed by atoms with E-state index in [9.17, 15) is 9.59 Å². The Morgan fingerprint density at radius 3 is 2.83 bits per heavy atom. The Morgan fingerprint density at radius 1 is 1.33 bits per heavy atom. The highest BCUT2D eigenvalue weighted by atomic mass is 35.5. The molecule has 0 radical (unpaired) electrons. The zero-order valence-corrected chi connectivity index (χ0v) is 17.5. The Kier molecular flexibility index (Phi) is 4.85. The van der Waals surface area contributed by atoms with E-state index in [0.717, 1.165) is 24.0 Å². The van der Waals surface area contributed by atoms with Crippen LogP contribution in [0.1, 0.15) is 60.1 Å². The van der Waals surface area contributed by atoms with Crippen LogP contribution >= 0.6 is 11.6 Å². The van der Waals surface area contributed by atoms with E-state index in [2.05, 4.69) is 15.3 Å². The first-order chi connectivity index (χ1) is 14.5. The van der Waals surface area contributed by atoms with Gasteiger partial charge in [0.05, 0.1) is 19.2 Å². The second-order valence-electron chi connectivity index (χ2n) is 8.37. The van der Waals surface area contributed by atoms with Gasteiger partial charge in [-0.3, -0.25) is 9.59 Å². The molecule has 3 aliphatic rings. The second kappa shape index (κ2) is 7.54. The normalized spacial score (nSPS) is 18.9. The van der Waals surface area contributed by atoms with Crippen molar-refractivity contribution in [3.8, 4) is 5.88 Å². The van der Waals surface area contributed by atoms with Crippen molar-refractivity contribution in [2.45, 2.75) is 45.2 Å². The van der Waals surface area contributed by atoms with Gasteiger partial charge in [0, 0.05) is 29.4 Å². The molecule has 8 heteroatoms. The summed E-state index contributed by atoms with van der Waals surface area (Å²) in [5.41, 5.74) is 2.16. The lowest BCUT2D eigenvalue weighted by Gasteiger charge is -2.25. The molecule has 156 valence electrons. The van der Waals surface area contributed by atoms with Crippen molar-refractivity contribution in [2.24, 2.45) is 11.8 Å². The van der Waals surface area contributed by atoms with Gasteiger partial charge in [0.15, 0.2) is 0 Å². The van der Waals surface area contributed by atoms with Crippen LogP contribution in [0.2, 0.25) is 5.02 Å². The van der Waals surface area contributed by atoms with Gasteiger partial charge in [0.2, 0.25) is 11.8 Å². The molecular weight excluding hydrogens is 404 g/mol. The molecule has 2 fully saturated rings. The number of hydrogen-bond donors (Lipinski definition) is 1. The fraction of sp³-hybridized carbons (Fsp3) is 0.455. The standard InChI is InChI=1S/C22H23ClN4O3/c1-12(15-8-18(23)21(25-9-15)30-11-13-2-3-13)27-10-17-16(22(27)29)6-7-24-19(17)26-20(28)14-4-5-14/h6-9,12-14H,2-5,10-11H2,1H3,(H,24,26,28). The Hall–Kier alpha value is -2.67. The Balaban J connectivity index is 1.33. The Morgan fingerprint density at radius 2 is 2.13 bits per heavy atom. The van der Waals surface area contributed by atoms with E-state index in [1.807, 2.05) is 13.0 Å². The van der Waals surface area contributed by atoms with Gasteiger partial charge >= 0.3 is 0 Å². The van der Waals surface area contributed by atoms with E-state index in [1.165, 1.54) is 12.8 Å². The maximum absolute atomic E-state index is 13.0. The van der Waals surface area contributed by atoms with Gasteiger partial charge < -0.3 is 15.0 Å². The predicted octanol–water partition coefficient (Wildman–Crippen LogP) is 3.98. The predicted molar refractivity (Wildman–Crippen MR) is 111 cm³/mol. The molecule has 1 aliphatic heterocycles. The van der Waals surface area contributed by atoms with Gasteiger partial charge in [0.1, 0.15) is 10.8 Å². The van der Waals surface area contributed by atoms with E-state index < -0.39 is 0 Å². The first kappa shape index (κ1) is 19.3. The first-order valence-electron chi connectivity index (χ1n) is 10.4. The SMILES string of the molecule is CC(c1cnc(OCC2CC2)c(Cl)c1)N1Cc2c(ccnc2NC(=O)C2CC2)C1=O. The van der Waals surface area contributed by atoms with Gasteiger partial charge in [-0.2, -0.15) is 0 Å². The maximum Gasteiger partial charge on any atom is 0.255 e. The molecule has 1 atom stereocenters. The molecule has 0 saturated heterocycles. The summed E-state index contributed by atoms with van der Waals surface area (Å²) >= 11 is 6.38. The number of carbonyl (C=O) groups excluding carboxylic acids is 2. The molecule has 0 bridgehead atoms. The van der Waals surface area contributed by atoms with Crippen LogP contribution in [0.3, 0.4) is 0 Å². The van der Waals surface area contributed by atoms with E-state index >= 15 is 0 Å². The second-order valence-corrected chi connectivity index (χ2v) is 8.78. The number of pyridine rings is 2. The van der Waals surface area contributed by atoms with E-state index in [4.69, 9.17) is 16.3 Å². The molecule has 2 amide bonds. The van der Waals surface area contributed by atoms with E-state index in [-0.39, 0.29) is 23.8 Å². The number of anilines is 1. The summed E-state index contributed by atoms with van der Waals surface area (Å²) < 4.78 is 5.70. The van der Waals surface area contributed by atoms with Gasteiger partial charge in [-0.05, 0) is 56.2 Å². The lowest BCUT2D eigenvalue weighted by Crippen LogP contribution is -2.27. The van der Waals surface area contributed by atoms with Crippen LogP contribution in [0, 0.1) is 11.8 Å². The van der Waals surface area contributed by atoms with Gasteiger partial charge in [-0.1, -0.05) is 11.6 Å². The smallest absolute Gasteiger partial charge is 0.255 e. The highest BCUT2D eigenvalue weighted by molar-refractivity contribution is 6.31. The molecule has 1 N–H and O–H groups in total. The van der Waals surface area contributed by atoms with Crippen LogP contribution in [0.25, 0.3) is 0 Å². The lowest BCUT2D eigenvalue weighted by atomic mass is 10.1. The molecule has 1 unspecified atom stereocenters. The van der Waals surface area contributed by atoms with E-state index in [0.29, 0.717) is 41.4 Å². The zero-order valence-electron chi connectivity index (χ0n) is 16.7. The molecule has 7 nitrogen and oxygen atoms in total. The summed E-state index contributed by atoms with van der Waals surface area (Å²) in [6.07, 6.45) is 7.50. The lowest BCUT2D eigenvalue weighted by molar-refractivity contribution is -0.117. The number of fused-ring (bicyclic) bond motifs is 1. The summed E-state index contributed by atoms with van der Waals surface area (Å²) in [6, 6.07) is 3.28. The largest absolute Gasteiger partial charge is 0.476 e. The minimum atomic E-state index is -0.237. The molecule has 3 heterocycles. The molecule has 2 aromatic heterocycles. The Labute approximate surface area is 179 Å². The summed E-state index contributed by atoms with van der Waals surface area (Å²) in [7, 11) is 0. The first-order valence-corrected chi connectivity index (χ1v) is 10.8. The molecular formula is C22H23ClN4O3. The van der Waals surface area contributed by atoms with Crippen molar-refractivity contribution >= 4 is 29.2 Å². The van der Waals surface area contributed by atoms with E-state index in [1.54, 1.807) is 23.4 Å². The highest BCUT2D eigenvalue weighted by Gasteiger charge is 2.36. The summed E-state index contributed by atoms with van der Waals surface area (Å²) in [4.78, 5) is 35.6. The average Bonchev–Trinajstić information content (AvgIpc) is 3.65. The minimum absolute atomic E-state index is 0.0207.